The van der Waals surface area contributed by atoms with Gasteiger partial charge in [-0.2, -0.15) is 0 Å². The fourth-order valence-corrected chi connectivity index (χ4v) is 3.47. The molecule has 1 aromatic heterocycles. The lowest BCUT2D eigenvalue weighted by Gasteiger charge is -2.12. The summed E-state index contributed by atoms with van der Waals surface area (Å²) in [6, 6.07) is 19.0. The van der Waals surface area contributed by atoms with Gasteiger partial charge in [0.15, 0.2) is 0 Å². The number of halogens is 3. The summed E-state index contributed by atoms with van der Waals surface area (Å²) in [4.78, 5) is 4.45. The van der Waals surface area contributed by atoms with Gasteiger partial charge < -0.3 is 15.9 Å². The van der Waals surface area contributed by atoms with Crippen molar-refractivity contribution in [2.24, 2.45) is 11.7 Å². The molecule has 1 heterocycles. The number of nitrogens with two attached hydrogens (primary N) is 1. The maximum atomic E-state index is 12.4. The van der Waals surface area contributed by atoms with Crippen LogP contribution in [0.3, 0.4) is 0 Å². The van der Waals surface area contributed by atoms with Crippen molar-refractivity contribution >= 4 is 16.7 Å². The van der Waals surface area contributed by atoms with E-state index in [-0.39, 0.29) is 11.7 Å². The van der Waals surface area contributed by atoms with E-state index in [2.05, 4.69) is 9.72 Å². The molecule has 5 nitrogen and oxygen atoms in total. The fraction of sp³-hybridized carbons (Fsp3) is 0.167. The van der Waals surface area contributed by atoms with Gasteiger partial charge in [0.2, 0.25) is 0 Å². The van der Waals surface area contributed by atoms with Crippen LogP contribution in [0, 0.1) is 11.3 Å². The van der Waals surface area contributed by atoms with E-state index in [4.69, 9.17) is 11.1 Å². The van der Waals surface area contributed by atoms with Gasteiger partial charge in [0, 0.05) is 23.9 Å². The monoisotopic (exact) mass is 438 g/mol. The molecule has 0 saturated heterocycles. The van der Waals surface area contributed by atoms with Crippen molar-refractivity contribution in [2.45, 2.75) is 13.3 Å². The average Bonchev–Trinajstić information content (AvgIpc) is 3.21. The Kier molecular flexibility index (Phi) is 5.71. The molecule has 3 aromatic carbocycles. The van der Waals surface area contributed by atoms with Crippen LogP contribution >= 0.6 is 0 Å². The van der Waals surface area contributed by atoms with Crippen LogP contribution in [0.4, 0.5) is 13.2 Å². The van der Waals surface area contributed by atoms with Gasteiger partial charge in [0.1, 0.15) is 12.1 Å². The topological polar surface area (TPSA) is 76.9 Å². The number of fused-ring (bicyclic) bond motifs is 1. The van der Waals surface area contributed by atoms with Crippen molar-refractivity contribution < 1.29 is 17.9 Å². The quantitative estimate of drug-likeness (QED) is 0.387. The molecule has 1 unspecified atom stereocenters. The van der Waals surface area contributed by atoms with Gasteiger partial charge in [0.05, 0.1) is 11.0 Å². The van der Waals surface area contributed by atoms with E-state index in [9.17, 15) is 13.2 Å². The van der Waals surface area contributed by atoms with Crippen molar-refractivity contribution in [1.82, 2.24) is 9.55 Å². The van der Waals surface area contributed by atoms with Crippen molar-refractivity contribution in [1.29, 1.82) is 5.41 Å². The highest BCUT2D eigenvalue weighted by Gasteiger charge is 2.30. The molecular formula is C24H21F3N4O. The van der Waals surface area contributed by atoms with Crippen LogP contribution in [0.15, 0.2) is 73.1 Å². The SMILES string of the molecule is CC(CN)C(=N)c1ccc2ncn(-c3cccc(-c4ccc(OC(F)(F)F)cc4)c3)c2c1. The molecule has 0 saturated carbocycles. The van der Waals surface area contributed by atoms with E-state index >= 15 is 0 Å². The largest absolute Gasteiger partial charge is 0.573 e. The van der Waals surface area contributed by atoms with Gasteiger partial charge in [0.25, 0.3) is 0 Å². The van der Waals surface area contributed by atoms with Crippen molar-refractivity contribution in [3.05, 3.63) is 78.6 Å². The van der Waals surface area contributed by atoms with Gasteiger partial charge in [-0.1, -0.05) is 37.3 Å². The van der Waals surface area contributed by atoms with Crippen molar-refractivity contribution in [2.75, 3.05) is 6.54 Å². The molecule has 0 aliphatic rings. The van der Waals surface area contributed by atoms with Gasteiger partial charge in [-0.3, -0.25) is 4.57 Å². The van der Waals surface area contributed by atoms with Crippen LogP contribution in [-0.2, 0) is 0 Å². The van der Waals surface area contributed by atoms with Gasteiger partial charge in [-0.15, -0.1) is 13.2 Å². The minimum Gasteiger partial charge on any atom is -0.406 e. The number of nitrogens with zero attached hydrogens (tertiary/aromatic N) is 2. The maximum Gasteiger partial charge on any atom is 0.573 e. The first-order valence-corrected chi connectivity index (χ1v) is 9.98. The van der Waals surface area contributed by atoms with Crippen LogP contribution in [-0.4, -0.2) is 28.2 Å². The highest BCUT2D eigenvalue weighted by molar-refractivity contribution is 6.02. The Labute approximate surface area is 182 Å². The molecule has 3 N–H and O–H groups in total. The molecule has 8 heteroatoms. The van der Waals surface area contributed by atoms with Gasteiger partial charge in [-0.05, 0) is 53.1 Å². The number of ether oxygens (including phenoxy) is 1. The molecule has 0 spiro atoms. The molecule has 4 aromatic rings. The summed E-state index contributed by atoms with van der Waals surface area (Å²) in [5.41, 5.74) is 11.0. The molecular weight excluding hydrogens is 417 g/mol. The Bertz CT molecular complexity index is 1260. The summed E-state index contributed by atoms with van der Waals surface area (Å²) in [5.74, 6) is -0.323. The second kappa shape index (κ2) is 8.47. The summed E-state index contributed by atoms with van der Waals surface area (Å²) in [6.07, 6.45) is -3.01. The lowest BCUT2D eigenvalue weighted by molar-refractivity contribution is -0.274. The standard InChI is InChI=1S/C24H21F3N4O/c1-15(13-28)23(29)18-7-10-21-22(12-18)31(14-30-21)19-4-2-3-17(11-19)16-5-8-20(9-6-16)32-24(25,26)27/h2-12,14-15,29H,13,28H2,1H3. The summed E-state index contributed by atoms with van der Waals surface area (Å²) in [5, 5.41) is 8.37. The molecule has 1 atom stereocenters. The zero-order valence-corrected chi connectivity index (χ0v) is 17.2. The smallest absolute Gasteiger partial charge is 0.406 e. The first-order chi connectivity index (χ1) is 15.2. The minimum absolute atomic E-state index is 0.0588. The fourth-order valence-electron chi connectivity index (χ4n) is 3.47. The van der Waals surface area contributed by atoms with Crippen LogP contribution in [0.5, 0.6) is 5.75 Å². The van der Waals surface area contributed by atoms with Gasteiger partial charge >= 0.3 is 6.36 Å². The number of aromatic nitrogens is 2. The molecule has 164 valence electrons. The van der Waals surface area contributed by atoms with Crippen LogP contribution in [0.1, 0.15) is 12.5 Å². The lowest BCUT2D eigenvalue weighted by atomic mass is 9.98. The normalized spacial score (nSPS) is 12.7. The third-order valence-corrected chi connectivity index (χ3v) is 5.25. The van der Waals surface area contributed by atoms with Crippen LogP contribution in [0.25, 0.3) is 27.8 Å². The lowest BCUT2D eigenvalue weighted by Crippen LogP contribution is -2.20. The predicted molar refractivity (Wildman–Crippen MR) is 118 cm³/mol. The third-order valence-electron chi connectivity index (χ3n) is 5.25. The molecule has 0 amide bonds. The summed E-state index contributed by atoms with van der Waals surface area (Å²) < 4.78 is 43.0. The molecule has 0 bridgehead atoms. The van der Waals surface area contributed by atoms with E-state index in [1.165, 1.54) is 12.1 Å². The van der Waals surface area contributed by atoms with Crippen LogP contribution < -0.4 is 10.5 Å². The Morgan fingerprint density at radius 3 is 2.50 bits per heavy atom. The van der Waals surface area contributed by atoms with E-state index in [1.54, 1.807) is 18.5 Å². The van der Waals surface area contributed by atoms with E-state index in [0.29, 0.717) is 12.3 Å². The Hall–Kier alpha value is -3.65. The Morgan fingerprint density at radius 2 is 1.81 bits per heavy atom. The number of benzene rings is 3. The second-order valence-electron chi connectivity index (χ2n) is 7.49. The number of rotatable bonds is 6. The number of alkyl halides is 3. The molecule has 0 aliphatic carbocycles. The zero-order chi connectivity index (χ0) is 22.9. The Morgan fingerprint density at radius 1 is 1.06 bits per heavy atom. The van der Waals surface area contributed by atoms with Crippen molar-refractivity contribution in [3.63, 3.8) is 0 Å². The molecule has 0 fully saturated rings. The van der Waals surface area contributed by atoms with Gasteiger partial charge in [-0.25, -0.2) is 4.98 Å². The molecule has 4 rings (SSSR count). The van der Waals surface area contributed by atoms with E-state index < -0.39 is 6.36 Å². The summed E-state index contributed by atoms with van der Waals surface area (Å²) in [7, 11) is 0. The number of hydrogen-bond acceptors (Lipinski definition) is 4. The maximum absolute atomic E-state index is 12.4. The van der Waals surface area contributed by atoms with Crippen LogP contribution in [0.2, 0.25) is 0 Å². The summed E-state index contributed by atoms with van der Waals surface area (Å²) >= 11 is 0. The third kappa shape index (κ3) is 4.50. The van der Waals surface area contributed by atoms with E-state index in [0.717, 1.165) is 33.4 Å². The molecule has 0 aliphatic heterocycles. The summed E-state index contributed by atoms with van der Waals surface area (Å²) in [6.45, 7) is 2.31. The number of imidazole rings is 1. The average molecular weight is 438 g/mol. The van der Waals surface area contributed by atoms with Crippen molar-refractivity contribution in [3.8, 4) is 22.6 Å². The molecule has 32 heavy (non-hydrogen) atoms. The first-order valence-electron chi connectivity index (χ1n) is 9.98. The zero-order valence-electron chi connectivity index (χ0n) is 17.2. The first kappa shape index (κ1) is 21.6. The highest BCUT2D eigenvalue weighted by Crippen LogP contribution is 2.28. The number of nitrogens with one attached hydrogen (secondary N) is 1. The highest BCUT2D eigenvalue weighted by atomic mass is 19.4. The predicted octanol–water partition coefficient (Wildman–Crippen LogP) is 5.55. The number of hydrogen-bond donors (Lipinski definition) is 2. The second-order valence-corrected chi connectivity index (χ2v) is 7.49. The molecule has 0 radical (unpaired) electrons. The van der Waals surface area contributed by atoms with E-state index in [1.807, 2.05) is 54.0 Å². The minimum atomic E-state index is -4.72. The Balaban J connectivity index is 1.68.